The van der Waals surface area contributed by atoms with Crippen molar-refractivity contribution in [1.29, 1.82) is 0 Å². The van der Waals surface area contributed by atoms with Crippen LogP contribution < -0.4 is 10.6 Å². The molecule has 0 saturated heterocycles. The topological polar surface area (TPSA) is 71.8 Å². The number of rotatable bonds is 6. The molecule has 2 heterocycles. The molecule has 1 atom stereocenters. The van der Waals surface area contributed by atoms with E-state index in [1.165, 1.54) is 17.8 Å². The number of benzene rings is 3. The van der Waals surface area contributed by atoms with Crippen molar-refractivity contribution >= 4 is 29.3 Å². The number of hydrogen-bond acceptors (Lipinski definition) is 5. The highest BCUT2D eigenvalue weighted by molar-refractivity contribution is 7.98. The molecule has 0 saturated carbocycles. The summed E-state index contributed by atoms with van der Waals surface area (Å²) in [5, 5.41) is 11.5. The lowest BCUT2D eigenvalue weighted by Crippen LogP contribution is -2.31. The van der Waals surface area contributed by atoms with E-state index in [1.807, 2.05) is 74.5 Å². The minimum absolute atomic E-state index is 0.208. The lowest BCUT2D eigenvalue weighted by atomic mass is 9.95. The maximum absolute atomic E-state index is 14.1. The van der Waals surface area contributed by atoms with Crippen molar-refractivity contribution in [2.24, 2.45) is 0 Å². The number of para-hydroxylation sites is 1. The summed E-state index contributed by atoms with van der Waals surface area (Å²) in [4.78, 5) is 18.2. The number of anilines is 2. The summed E-state index contributed by atoms with van der Waals surface area (Å²) >= 11 is 1.35. The van der Waals surface area contributed by atoms with Gasteiger partial charge in [-0.2, -0.15) is 4.98 Å². The number of thioether (sulfide) groups is 1. The van der Waals surface area contributed by atoms with Gasteiger partial charge in [-0.15, -0.1) is 5.10 Å². The van der Waals surface area contributed by atoms with Crippen molar-refractivity contribution in [2.75, 3.05) is 10.6 Å². The number of amides is 1. The zero-order valence-electron chi connectivity index (χ0n) is 19.3. The van der Waals surface area contributed by atoms with Crippen LogP contribution >= 0.6 is 11.8 Å². The van der Waals surface area contributed by atoms with Gasteiger partial charge in [0.15, 0.2) is 0 Å². The molecule has 0 radical (unpaired) electrons. The van der Waals surface area contributed by atoms with Crippen LogP contribution in [0.4, 0.5) is 16.0 Å². The van der Waals surface area contributed by atoms with Crippen molar-refractivity contribution in [3.8, 4) is 0 Å². The summed E-state index contributed by atoms with van der Waals surface area (Å²) in [5.41, 5.74) is 4.51. The molecule has 3 aromatic carbocycles. The van der Waals surface area contributed by atoms with Gasteiger partial charge in [-0.05, 0) is 42.7 Å². The molecule has 6 nitrogen and oxygen atoms in total. The second kappa shape index (κ2) is 9.76. The van der Waals surface area contributed by atoms with Gasteiger partial charge in [0.25, 0.3) is 5.91 Å². The fourth-order valence-electron chi connectivity index (χ4n) is 4.09. The largest absolute Gasteiger partial charge is 0.328 e. The van der Waals surface area contributed by atoms with Crippen LogP contribution in [0, 0.1) is 12.7 Å². The van der Waals surface area contributed by atoms with Crippen LogP contribution in [0.15, 0.2) is 95.3 Å². The number of aryl methyl sites for hydroxylation is 1. The summed E-state index contributed by atoms with van der Waals surface area (Å²) in [6.45, 7) is 3.83. The Kier molecular flexibility index (Phi) is 6.37. The molecule has 1 unspecified atom stereocenters. The molecular weight excluding hydrogens is 461 g/mol. The Morgan fingerprint density at radius 2 is 1.74 bits per heavy atom. The summed E-state index contributed by atoms with van der Waals surface area (Å²) < 4.78 is 15.8. The molecule has 2 N–H and O–H groups in total. The first kappa shape index (κ1) is 22.9. The number of carbonyl (C=O) groups is 1. The summed E-state index contributed by atoms with van der Waals surface area (Å²) in [7, 11) is 0. The molecule has 0 bridgehead atoms. The second-order valence-corrected chi connectivity index (χ2v) is 9.23. The summed E-state index contributed by atoms with van der Waals surface area (Å²) in [6, 6.07) is 23.6. The monoisotopic (exact) mass is 485 g/mol. The zero-order valence-corrected chi connectivity index (χ0v) is 20.1. The lowest BCUT2D eigenvalue weighted by Gasteiger charge is -2.28. The van der Waals surface area contributed by atoms with Crippen LogP contribution in [-0.4, -0.2) is 20.7 Å². The van der Waals surface area contributed by atoms with Crippen LogP contribution in [0.1, 0.15) is 29.7 Å². The number of allylic oxidation sites excluding steroid dienone is 1. The summed E-state index contributed by atoms with van der Waals surface area (Å²) in [5.74, 6) is 0.482. The number of halogens is 1. The van der Waals surface area contributed by atoms with Gasteiger partial charge >= 0.3 is 0 Å². The van der Waals surface area contributed by atoms with E-state index in [-0.39, 0.29) is 11.7 Å². The third kappa shape index (κ3) is 4.70. The Morgan fingerprint density at radius 1 is 1.03 bits per heavy atom. The molecule has 35 heavy (non-hydrogen) atoms. The molecule has 0 fully saturated rings. The van der Waals surface area contributed by atoms with E-state index in [4.69, 9.17) is 5.10 Å². The van der Waals surface area contributed by atoms with Gasteiger partial charge in [0.05, 0.1) is 5.57 Å². The van der Waals surface area contributed by atoms with Crippen LogP contribution in [0.3, 0.4) is 0 Å². The predicted molar refractivity (Wildman–Crippen MR) is 137 cm³/mol. The highest BCUT2D eigenvalue weighted by atomic mass is 32.2. The molecule has 1 aromatic heterocycles. The highest BCUT2D eigenvalue weighted by Gasteiger charge is 2.34. The van der Waals surface area contributed by atoms with Gasteiger partial charge in [0.2, 0.25) is 11.1 Å². The SMILES string of the molecule is CC1=C(C(=O)Nc2ccccc2C)C(c2ccccc2)n2nc(SCc3ccccc3F)nc2N1. The molecule has 1 aliphatic rings. The van der Waals surface area contributed by atoms with Crippen LogP contribution in [0.2, 0.25) is 0 Å². The van der Waals surface area contributed by atoms with Crippen molar-refractivity contribution in [3.63, 3.8) is 0 Å². The molecule has 5 rings (SSSR count). The molecule has 176 valence electrons. The summed E-state index contributed by atoms with van der Waals surface area (Å²) in [6.07, 6.45) is 0. The molecule has 8 heteroatoms. The van der Waals surface area contributed by atoms with Gasteiger partial charge < -0.3 is 10.6 Å². The first-order valence-corrected chi connectivity index (χ1v) is 12.2. The standard InChI is InChI=1S/C27H24FN5OS/c1-17-10-6-9-15-22(17)30-25(34)23-18(2)29-26-31-27(35-16-20-13-7-8-14-21(20)28)32-33(26)24(23)19-11-4-3-5-12-19/h3-15,24H,16H2,1-2H3,(H,30,34)(H,29,31,32). The van der Waals surface area contributed by atoms with Crippen LogP contribution in [0.25, 0.3) is 0 Å². The Bertz CT molecular complexity index is 1420. The fraction of sp³-hybridized carbons (Fsp3) is 0.148. The first-order valence-electron chi connectivity index (χ1n) is 11.2. The molecule has 0 aliphatic carbocycles. The number of nitrogens with zero attached hydrogens (tertiary/aromatic N) is 3. The smallest absolute Gasteiger partial charge is 0.255 e. The molecule has 0 spiro atoms. The number of hydrogen-bond donors (Lipinski definition) is 2. The van der Waals surface area contributed by atoms with E-state index >= 15 is 0 Å². The number of nitrogens with one attached hydrogen (secondary N) is 2. The van der Waals surface area contributed by atoms with E-state index in [9.17, 15) is 9.18 Å². The van der Waals surface area contributed by atoms with E-state index < -0.39 is 6.04 Å². The third-order valence-corrected chi connectivity index (χ3v) is 6.79. The maximum Gasteiger partial charge on any atom is 0.255 e. The fourth-order valence-corrected chi connectivity index (χ4v) is 4.91. The van der Waals surface area contributed by atoms with Gasteiger partial charge in [0, 0.05) is 17.1 Å². The Morgan fingerprint density at radius 3 is 2.51 bits per heavy atom. The quantitative estimate of drug-likeness (QED) is 0.331. The van der Waals surface area contributed by atoms with Gasteiger partial charge in [-0.25, -0.2) is 9.07 Å². The van der Waals surface area contributed by atoms with Crippen molar-refractivity contribution in [3.05, 3.63) is 113 Å². The Hall–Kier alpha value is -3.91. The van der Waals surface area contributed by atoms with Crippen LogP contribution in [0.5, 0.6) is 0 Å². The predicted octanol–water partition coefficient (Wildman–Crippen LogP) is 5.95. The van der Waals surface area contributed by atoms with E-state index in [1.54, 1.807) is 16.8 Å². The second-order valence-electron chi connectivity index (χ2n) is 8.29. The zero-order chi connectivity index (χ0) is 24.4. The average molecular weight is 486 g/mol. The first-order chi connectivity index (χ1) is 17.0. The van der Waals surface area contributed by atoms with Gasteiger partial charge in [0.1, 0.15) is 11.9 Å². The van der Waals surface area contributed by atoms with Crippen molar-refractivity contribution < 1.29 is 9.18 Å². The maximum atomic E-state index is 14.1. The minimum atomic E-state index is -0.466. The molecule has 1 aliphatic heterocycles. The van der Waals surface area contributed by atoms with E-state index in [0.29, 0.717) is 33.7 Å². The van der Waals surface area contributed by atoms with Gasteiger partial charge in [-0.1, -0.05) is 78.5 Å². The van der Waals surface area contributed by atoms with E-state index in [2.05, 4.69) is 15.6 Å². The third-order valence-electron chi connectivity index (χ3n) is 5.90. The van der Waals surface area contributed by atoms with E-state index in [0.717, 1.165) is 16.8 Å². The molecular formula is C27H24FN5OS. The van der Waals surface area contributed by atoms with Gasteiger partial charge in [-0.3, -0.25) is 4.79 Å². The Labute approximate surface area is 207 Å². The molecule has 4 aromatic rings. The Balaban J connectivity index is 1.49. The average Bonchev–Trinajstić information content (AvgIpc) is 3.27. The number of carbonyl (C=O) groups excluding carboxylic acids is 1. The normalized spacial score (nSPS) is 14.9. The lowest BCUT2D eigenvalue weighted by molar-refractivity contribution is -0.113. The molecule has 1 amide bonds. The van der Waals surface area contributed by atoms with Crippen molar-refractivity contribution in [1.82, 2.24) is 14.8 Å². The number of aromatic nitrogens is 3. The van der Waals surface area contributed by atoms with Crippen molar-refractivity contribution in [2.45, 2.75) is 30.8 Å². The highest BCUT2D eigenvalue weighted by Crippen LogP contribution is 2.37. The minimum Gasteiger partial charge on any atom is -0.328 e. The van der Waals surface area contributed by atoms with Crippen LogP contribution in [-0.2, 0) is 10.5 Å². The number of fused-ring (bicyclic) bond motifs is 1.